The molecule has 2 N–H and O–H groups in total. The first-order valence-electron chi connectivity index (χ1n) is 8.40. The van der Waals surface area contributed by atoms with E-state index in [0.29, 0.717) is 30.4 Å². The van der Waals surface area contributed by atoms with Crippen LogP contribution in [0.15, 0.2) is 24.3 Å². The molecule has 0 saturated heterocycles. The number of nitrogens with one attached hydrogen (secondary N) is 2. The molecule has 0 aliphatic rings. The highest BCUT2D eigenvalue weighted by molar-refractivity contribution is 5.97. The summed E-state index contributed by atoms with van der Waals surface area (Å²) in [4.78, 5) is 34.7. The minimum atomic E-state index is -0.685. The van der Waals surface area contributed by atoms with Crippen LogP contribution in [0.5, 0.6) is 5.75 Å². The van der Waals surface area contributed by atoms with Crippen molar-refractivity contribution in [2.75, 3.05) is 19.8 Å². The van der Waals surface area contributed by atoms with Crippen LogP contribution in [0.1, 0.15) is 44.0 Å². The van der Waals surface area contributed by atoms with Gasteiger partial charge in [0, 0.05) is 6.54 Å². The van der Waals surface area contributed by atoms with Gasteiger partial charge in [0.1, 0.15) is 5.75 Å². The van der Waals surface area contributed by atoms with Crippen molar-refractivity contribution in [1.29, 1.82) is 0 Å². The molecule has 7 nitrogen and oxygen atoms in total. The number of rotatable bonds is 9. The Morgan fingerprint density at radius 2 is 1.80 bits per heavy atom. The van der Waals surface area contributed by atoms with Gasteiger partial charge in [0.25, 0.3) is 5.91 Å². The average Bonchev–Trinajstić information content (AvgIpc) is 2.58. The van der Waals surface area contributed by atoms with E-state index < -0.39 is 24.5 Å². The first-order valence-corrected chi connectivity index (χ1v) is 8.40. The van der Waals surface area contributed by atoms with Crippen molar-refractivity contribution in [2.24, 2.45) is 5.92 Å². The van der Waals surface area contributed by atoms with E-state index in [-0.39, 0.29) is 0 Å². The Labute approximate surface area is 148 Å². The van der Waals surface area contributed by atoms with E-state index >= 15 is 0 Å². The number of esters is 1. The second-order valence-electron chi connectivity index (χ2n) is 5.94. The van der Waals surface area contributed by atoms with Gasteiger partial charge in [-0.2, -0.15) is 0 Å². The van der Waals surface area contributed by atoms with Gasteiger partial charge in [-0.3, -0.25) is 10.1 Å². The molecule has 1 aromatic rings. The monoisotopic (exact) mass is 350 g/mol. The number of benzene rings is 1. The predicted molar refractivity (Wildman–Crippen MR) is 93.5 cm³/mol. The van der Waals surface area contributed by atoms with Crippen LogP contribution in [-0.4, -0.2) is 37.7 Å². The number of urea groups is 1. The summed E-state index contributed by atoms with van der Waals surface area (Å²) in [6.45, 7) is 6.68. The Morgan fingerprint density at radius 1 is 1.12 bits per heavy atom. The summed E-state index contributed by atoms with van der Waals surface area (Å²) in [7, 11) is 0. The van der Waals surface area contributed by atoms with Crippen molar-refractivity contribution >= 4 is 17.9 Å². The van der Waals surface area contributed by atoms with Gasteiger partial charge in [-0.05, 0) is 43.0 Å². The molecule has 0 unspecified atom stereocenters. The Bertz CT molecular complexity index is 569. The number of hydrogen-bond acceptors (Lipinski definition) is 5. The van der Waals surface area contributed by atoms with Gasteiger partial charge in [-0.25, -0.2) is 9.59 Å². The van der Waals surface area contributed by atoms with Crippen LogP contribution in [0.3, 0.4) is 0 Å². The molecule has 7 heteroatoms. The Morgan fingerprint density at radius 3 is 2.40 bits per heavy atom. The second-order valence-corrected chi connectivity index (χ2v) is 5.94. The number of ether oxygens (including phenoxy) is 2. The molecule has 1 rings (SSSR count). The summed E-state index contributed by atoms with van der Waals surface area (Å²) < 4.78 is 10.4. The Balaban J connectivity index is 2.37. The zero-order valence-electron chi connectivity index (χ0n) is 15.0. The number of imide groups is 1. The lowest BCUT2D eigenvalue weighted by molar-refractivity contribution is -0.123. The molecular weight excluding hydrogens is 324 g/mol. The largest absolute Gasteiger partial charge is 0.494 e. The van der Waals surface area contributed by atoms with Gasteiger partial charge in [0.05, 0.1) is 12.2 Å². The highest BCUT2D eigenvalue weighted by Crippen LogP contribution is 2.14. The lowest BCUT2D eigenvalue weighted by atomic mass is 10.1. The fourth-order valence-corrected chi connectivity index (χ4v) is 1.76. The maximum Gasteiger partial charge on any atom is 0.338 e. The van der Waals surface area contributed by atoms with Crippen molar-refractivity contribution < 1.29 is 23.9 Å². The molecule has 0 aliphatic carbocycles. The summed E-state index contributed by atoms with van der Waals surface area (Å²) in [6, 6.07) is 5.88. The number of carbonyl (C=O) groups excluding carboxylic acids is 3. The number of hydrogen-bond donors (Lipinski definition) is 2. The maximum atomic E-state index is 11.9. The van der Waals surface area contributed by atoms with Crippen LogP contribution >= 0.6 is 0 Å². The smallest absolute Gasteiger partial charge is 0.338 e. The van der Waals surface area contributed by atoms with Crippen LogP contribution in [0.2, 0.25) is 0 Å². The minimum absolute atomic E-state index is 0.305. The van der Waals surface area contributed by atoms with Crippen molar-refractivity contribution in [1.82, 2.24) is 10.6 Å². The van der Waals surface area contributed by atoms with E-state index in [1.54, 1.807) is 24.3 Å². The van der Waals surface area contributed by atoms with E-state index in [0.717, 1.165) is 12.8 Å². The van der Waals surface area contributed by atoms with Crippen LogP contribution < -0.4 is 15.4 Å². The van der Waals surface area contributed by atoms with Crippen LogP contribution in [0.4, 0.5) is 4.79 Å². The van der Waals surface area contributed by atoms with E-state index in [9.17, 15) is 14.4 Å². The van der Waals surface area contributed by atoms with Crippen LogP contribution in [-0.2, 0) is 9.53 Å². The van der Waals surface area contributed by atoms with Crippen molar-refractivity contribution in [3.63, 3.8) is 0 Å². The minimum Gasteiger partial charge on any atom is -0.494 e. The molecule has 3 amide bonds. The molecule has 0 spiro atoms. The molecular formula is C18H26N2O5. The molecule has 0 radical (unpaired) electrons. The van der Waals surface area contributed by atoms with Crippen LogP contribution in [0, 0.1) is 5.92 Å². The van der Waals surface area contributed by atoms with Gasteiger partial charge in [0.2, 0.25) is 0 Å². The molecule has 138 valence electrons. The Kier molecular flexibility index (Phi) is 9.06. The van der Waals surface area contributed by atoms with E-state index in [2.05, 4.69) is 24.5 Å². The fourth-order valence-electron chi connectivity index (χ4n) is 1.76. The molecule has 0 bridgehead atoms. The molecule has 0 aliphatic heterocycles. The van der Waals surface area contributed by atoms with Gasteiger partial charge in [-0.1, -0.05) is 20.8 Å². The summed E-state index contributed by atoms with van der Waals surface area (Å²) >= 11 is 0. The van der Waals surface area contributed by atoms with E-state index in [1.165, 1.54) is 0 Å². The lowest BCUT2D eigenvalue weighted by Crippen LogP contribution is -2.41. The van der Waals surface area contributed by atoms with Gasteiger partial charge >= 0.3 is 12.0 Å². The van der Waals surface area contributed by atoms with Gasteiger partial charge < -0.3 is 14.8 Å². The summed E-state index contributed by atoms with van der Waals surface area (Å²) in [5.41, 5.74) is 0.305. The van der Waals surface area contributed by atoms with E-state index in [4.69, 9.17) is 9.47 Å². The second kappa shape index (κ2) is 11.1. The first kappa shape index (κ1) is 20.5. The fraction of sp³-hybridized carbons (Fsp3) is 0.500. The quantitative estimate of drug-likeness (QED) is 0.668. The standard InChI is InChI=1S/C18H26N2O5/c1-4-10-19-18(23)20-16(21)12-25-17(22)14-5-7-15(8-6-14)24-11-9-13(2)3/h5-8,13H,4,9-12H2,1-3H3,(H2,19,20,21,23). The topological polar surface area (TPSA) is 93.7 Å². The third-order valence-corrected chi connectivity index (χ3v) is 3.18. The SMILES string of the molecule is CCCNC(=O)NC(=O)COC(=O)c1ccc(OCCC(C)C)cc1. The van der Waals surface area contributed by atoms with Crippen molar-refractivity contribution in [3.8, 4) is 5.75 Å². The number of amides is 3. The maximum absolute atomic E-state index is 11.9. The Hall–Kier alpha value is -2.57. The highest BCUT2D eigenvalue weighted by Gasteiger charge is 2.12. The molecule has 25 heavy (non-hydrogen) atoms. The average molecular weight is 350 g/mol. The molecule has 0 aromatic heterocycles. The lowest BCUT2D eigenvalue weighted by Gasteiger charge is -2.09. The number of carbonyl (C=O) groups is 3. The molecule has 0 heterocycles. The van der Waals surface area contributed by atoms with Crippen molar-refractivity contribution in [2.45, 2.75) is 33.6 Å². The molecule has 0 saturated carbocycles. The van der Waals surface area contributed by atoms with Crippen LogP contribution in [0.25, 0.3) is 0 Å². The van der Waals surface area contributed by atoms with Gasteiger partial charge in [0.15, 0.2) is 6.61 Å². The molecule has 1 aromatic carbocycles. The summed E-state index contributed by atoms with van der Waals surface area (Å²) in [5.74, 6) is -0.0968. The summed E-state index contributed by atoms with van der Waals surface area (Å²) in [5, 5.41) is 4.56. The van der Waals surface area contributed by atoms with Gasteiger partial charge in [-0.15, -0.1) is 0 Å². The predicted octanol–water partition coefficient (Wildman–Crippen LogP) is 2.50. The zero-order valence-corrected chi connectivity index (χ0v) is 15.0. The van der Waals surface area contributed by atoms with Crippen molar-refractivity contribution in [3.05, 3.63) is 29.8 Å². The zero-order chi connectivity index (χ0) is 18.7. The first-order chi connectivity index (χ1) is 11.9. The third kappa shape index (κ3) is 8.74. The normalized spacial score (nSPS) is 10.2. The van der Waals surface area contributed by atoms with E-state index in [1.807, 2.05) is 6.92 Å². The highest BCUT2D eigenvalue weighted by atomic mass is 16.5. The molecule has 0 fully saturated rings. The summed E-state index contributed by atoms with van der Waals surface area (Å²) in [6.07, 6.45) is 1.71. The third-order valence-electron chi connectivity index (χ3n) is 3.18. The molecule has 0 atom stereocenters.